The molecule has 0 spiro atoms. The Bertz CT molecular complexity index is 1190. The van der Waals surface area contributed by atoms with Gasteiger partial charge in [-0.15, -0.1) is 0 Å². The summed E-state index contributed by atoms with van der Waals surface area (Å²) in [5.74, 6) is -0.967. The summed E-state index contributed by atoms with van der Waals surface area (Å²) in [5, 5.41) is 3.07. The van der Waals surface area contributed by atoms with Gasteiger partial charge in [0.15, 0.2) is 5.11 Å². The molecule has 0 bridgehead atoms. The van der Waals surface area contributed by atoms with E-state index < -0.39 is 11.8 Å². The van der Waals surface area contributed by atoms with Crippen LogP contribution in [0.4, 0.5) is 5.69 Å². The third-order valence-electron chi connectivity index (χ3n) is 5.11. The van der Waals surface area contributed by atoms with E-state index in [0.717, 1.165) is 16.9 Å². The molecule has 0 saturated heterocycles. The molecule has 0 atom stereocenters. The van der Waals surface area contributed by atoms with E-state index in [0.29, 0.717) is 16.8 Å². The lowest BCUT2D eigenvalue weighted by Gasteiger charge is -2.22. The molecule has 0 heterocycles. The van der Waals surface area contributed by atoms with Crippen molar-refractivity contribution in [1.29, 1.82) is 0 Å². The summed E-state index contributed by atoms with van der Waals surface area (Å²) in [4.78, 5) is 27.5. The van der Waals surface area contributed by atoms with Crippen LogP contribution in [0.15, 0.2) is 115 Å². The van der Waals surface area contributed by atoms with Crippen molar-refractivity contribution in [1.82, 2.24) is 4.90 Å². The fourth-order valence-electron chi connectivity index (χ4n) is 3.41. The molecule has 0 aromatic heterocycles. The molecule has 4 nitrogen and oxygen atoms in total. The van der Waals surface area contributed by atoms with Gasteiger partial charge in [0.05, 0.1) is 0 Å². The highest BCUT2D eigenvalue weighted by atomic mass is 32.1. The summed E-state index contributed by atoms with van der Waals surface area (Å²) in [6, 6.07) is 35.3. The van der Waals surface area contributed by atoms with Gasteiger partial charge in [0, 0.05) is 16.8 Å². The van der Waals surface area contributed by atoms with Crippen molar-refractivity contribution < 1.29 is 9.59 Å². The van der Waals surface area contributed by atoms with Crippen molar-refractivity contribution in [2.45, 2.75) is 6.42 Å². The molecule has 5 heteroatoms. The maximum Gasteiger partial charge on any atom is 0.267 e. The molecule has 4 aromatic rings. The lowest BCUT2D eigenvalue weighted by atomic mass is 10.0. The Morgan fingerprint density at radius 1 is 0.606 bits per heavy atom. The number of rotatable bonds is 5. The zero-order valence-electron chi connectivity index (χ0n) is 17.8. The summed E-state index contributed by atoms with van der Waals surface area (Å²) in [5.41, 5.74) is 3.83. The van der Waals surface area contributed by atoms with Crippen LogP contribution in [0.2, 0.25) is 0 Å². The average molecular weight is 451 g/mol. The number of hydrogen-bond donors (Lipinski definition) is 1. The second kappa shape index (κ2) is 10.5. The van der Waals surface area contributed by atoms with E-state index in [1.54, 1.807) is 48.5 Å². The van der Waals surface area contributed by atoms with Crippen LogP contribution in [-0.4, -0.2) is 21.8 Å². The number of anilines is 1. The highest BCUT2D eigenvalue weighted by molar-refractivity contribution is 7.80. The normalized spacial score (nSPS) is 10.3. The predicted molar refractivity (Wildman–Crippen MR) is 135 cm³/mol. The minimum absolute atomic E-state index is 0.0218. The Morgan fingerprint density at radius 2 is 1.03 bits per heavy atom. The molecule has 0 unspecified atom stereocenters. The molecule has 4 rings (SSSR count). The molecule has 33 heavy (non-hydrogen) atoms. The van der Waals surface area contributed by atoms with Gasteiger partial charge in [0.25, 0.3) is 11.8 Å². The van der Waals surface area contributed by atoms with E-state index in [4.69, 9.17) is 12.2 Å². The topological polar surface area (TPSA) is 49.4 Å². The number of benzene rings is 4. The number of imide groups is 1. The van der Waals surface area contributed by atoms with Crippen molar-refractivity contribution in [3.05, 3.63) is 138 Å². The molecule has 0 aliphatic rings. The van der Waals surface area contributed by atoms with Gasteiger partial charge < -0.3 is 5.32 Å². The summed E-state index contributed by atoms with van der Waals surface area (Å²) in [7, 11) is 0. The first-order valence-corrected chi connectivity index (χ1v) is 11.0. The molecule has 0 aliphatic heterocycles. The molecule has 0 fully saturated rings. The quantitative estimate of drug-likeness (QED) is 0.301. The minimum Gasteiger partial charge on any atom is -0.332 e. The third-order valence-corrected chi connectivity index (χ3v) is 5.39. The standard InChI is InChI=1S/C28H22N2O2S/c31-26(23-12-6-2-7-13-23)30(27(32)24-14-8-3-9-15-24)28(33)29-25-18-16-22(17-19-25)20-21-10-4-1-5-11-21/h1-19H,20H2,(H,29,33). The van der Waals surface area contributed by atoms with E-state index in [1.807, 2.05) is 54.6 Å². The highest BCUT2D eigenvalue weighted by Gasteiger charge is 2.28. The van der Waals surface area contributed by atoms with Gasteiger partial charge >= 0.3 is 0 Å². The second-order valence-corrected chi connectivity index (χ2v) is 7.85. The molecule has 162 valence electrons. The van der Waals surface area contributed by atoms with E-state index in [2.05, 4.69) is 17.4 Å². The first-order chi connectivity index (χ1) is 16.1. The van der Waals surface area contributed by atoms with Crippen molar-refractivity contribution in [3.8, 4) is 0 Å². The van der Waals surface area contributed by atoms with Crippen LogP contribution in [0.1, 0.15) is 31.8 Å². The predicted octanol–water partition coefficient (Wildman–Crippen LogP) is 5.96. The number of nitrogens with one attached hydrogen (secondary N) is 1. The van der Waals surface area contributed by atoms with Crippen LogP contribution in [0.3, 0.4) is 0 Å². The summed E-state index contributed by atoms with van der Waals surface area (Å²) in [6.45, 7) is 0. The molecular formula is C28H22N2O2S. The van der Waals surface area contributed by atoms with E-state index in [-0.39, 0.29) is 5.11 Å². The number of amides is 2. The largest absolute Gasteiger partial charge is 0.332 e. The van der Waals surface area contributed by atoms with Crippen LogP contribution >= 0.6 is 12.2 Å². The van der Waals surface area contributed by atoms with Gasteiger partial charge in [-0.1, -0.05) is 78.9 Å². The van der Waals surface area contributed by atoms with E-state index in [1.165, 1.54) is 5.56 Å². The Labute approximate surface area is 198 Å². The molecule has 0 saturated carbocycles. The molecule has 4 aromatic carbocycles. The van der Waals surface area contributed by atoms with E-state index in [9.17, 15) is 9.59 Å². The number of thiocarbonyl (C=S) groups is 1. The summed E-state index contributed by atoms with van der Waals surface area (Å²) < 4.78 is 0. The minimum atomic E-state index is -0.484. The Balaban J connectivity index is 1.55. The fraction of sp³-hybridized carbons (Fsp3) is 0.0357. The maximum absolute atomic E-state index is 13.2. The first-order valence-electron chi connectivity index (χ1n) is 10.5. The maximum atomic E-state index is 13.2. The zero-order valence-corrected chi connectivity index (χ0v) is 18.7. The molecule has 2 amide bonds. The van der Waals surface area contributed by atoms with Gasteiger partial charge in [0.1, 0.15) is 0 Å². The van der Waals surface area contributed by atoms with Crippen LogP contribution in [-0.2, 0) is 6.42 Å². The van der Waals surface area contributed by atoms with Crippen LogP contribution in [0.25, 0.3) is 0 Å². The van der Waals surface area contributed by atoms with Gasteiger partial charge in [0.2, 0.25) is 0 Å². The van der Waals surface area contributed by atoms with Crippen molar-refractivity contribution in [3.63, 3.8) is 0 Å². The SMILES string of the molecule is O=C(c1ccccc1)N(C(=O)c1ccccc1)C(=S)Nc1ccc(Cc2ccccc2)cc1. The molecule has 0 aliphatic carbocycles. The Hall–Kier alpha value is -4.09. The lowest BCUT2D eigenvalue weighted by molar-refractivity contribution is 0.0716. The number of nitrogens with zero attached hydrogens (tertiary/aromatic N) is 1. The van der Waals surface area contributed by atoms with Crippen molar-refractivity contribution in [2.24, 2.45) is 0 Å². The molecule has 0 radical (unpaired) electrons. The zero-order chi connectivity index (χ0) is 23.0. The van der Waals surface area contributed by atoms with Crippen molar-refractivity contribution in [2.75, 3.05) is 5.32 Å². The summed E-state index contributed by atoms with van der Waals surface area (Å²) >= 11 is 5.52. The van der Waals surface area contributed by atoms with Gasteiger partial charge in [-0.3, -0.25) is 9.59 Å². The van der Waals surface area contributed by atoms with E-state index >= 15 is 0 Å². The molecular weight excluding hydrogens is 428 g/mol. The van der Waals surface area contributed by atoms with Crippen molar-refractivity contribution >= 4 is 34.8 Å². The fourth-order valence-corrected chi connectivity index (χ4v) is 3.70. The number of hydrogen-bond acceptors (Lipinski definition) is 3. The van der Waals surface area contributed by atoms with Crippen LogP contribution < -0.4 is 5.32 Å². The van der Waals surface area contributed by atoms with Gasteiger partial charge in [-0.2, -0.15) is 0 Å². The summed E-state index contributed by atoms with van der Waals surface area (Å²) in [6.07, 6.45) is 0.816. The molecule has 1 N–H and O–H groups in total. The highest BCUT2D eigenvalue weighted by Crippen LogP contribution is 2.17. The lowest BCUT2D eigenvalue weighted by Crippen LogP contribution is -2.44. The number of carbonyl (C=O) groups is 2. The second-order valence-electron chi connectivity index (χ2n) is 7.47. The van der Waals surface area contributed by atoms with Crippen LogP contribution in [0.5, 0.6) is 0 Å². The van der Waals surface area contributed by atoms with Crippen LogP contribution in [0, 0.1) is 0 Å². The Kier molecular flexibility index (Phi) is 7.03. The third kappa shape index (κ3) is 5.59. The monoisotopic (exact) mass is 450 g/mol. The first kappa shape index (κ1) is 22.1. The average Bonchev–Trinajstić information content (AvgIpc) is 2.87. The Morgan fingerprint density at radius 3 is 1.52 bits per heavy atom. The number of carbonyl (C=O) groups excluding carboxylic acids is 2. The smallest absolute Gasteiger partial charge is 0.267 e. The van der Waals surface area contributed by atoms with Gasteiger partial charge in [-0.05, 0) is 66.2 Å². The van der Waals surface area contributed by atoms with Gasteiger partial charge in [-0.25, -0.2) is 4.90 Å².